The number of aromatic nitrogens is 2. The summed E-state index contributed by atoms with van der Waals surface area (Å²) in [4.78, 5) is 3.26. The maximum Gasteiger partial charge on any atom is 0.182 e. The average molecular weight is 412 g/mol. The fourth-order valence-corrected chi connectivity index (χ4v) is 4.01. The number of aryl methyl sites for hydroxylation is 2. The first kappa shape index (κ1) is 14.0. The van der Waals surface area contributed by atoms with Crippen molar-refractivity contribution in [2.45, 2.75) is 13.8 Å². The summed E-state index contributed by atoms with van der Waals surface area (Å²) in [5, 5.41) is 0. The molecule has 20 heavy (non-hydrogen) atoms. The second-order valence-electron chi connectivity index (χ2n) is 4.84. The van der Waals surface area contributed by atoms with E-state index < -0.39 is 0 Å². The second-order valence-corrected chi connectivity index (χ2v) is 7.00. The lowest BCUT2D eigenvalue weighted by Crippen LogP contribution is -1.99. The molecule has 1 N–H and O–H groups in total. The Labute approximate surface area is 139 Å². The summed E-state index contributed by atoms with van der Waals surface area (Å²) >= 11 is 12.7. The molecule has 3 rings (SSSR count). The molecule has 0 atom stereocenters. The Hall–Kier alpha value is -0.910. The van der Waals surface area contributed by atoms with Gasteiger partial charge in [-0.3, -0.25) is 4.57 Å². The first-order chi connectivity index (χ1) is 9.47. The summed E-state index contributed by atoms with van der Waals surface area (Å²) in [5.41, 5.74) is 5.61. The maximum absolute atomic E-state index is 5.50. The van der Waals surface area contributed by atoms with Crippen molar-refractivity contribution in [3.8, 4) is 5.69 Å². The van der Waals surface area contributed by atoms with Gasteiger partial charge in [0.15, 0.2) is 4.77 Å². The zero-order valence-corrected chi connectivity index (χ0v) is 15.0. The molecule has 0 radical (unpaired) electrons. The zero-order chi connectivity index (χ0) is 14.4. The Morgan fingerprint density at radius 1 is 1.10 bits per heavy atom. The van der Waals surface area contributed by atoms with Crippen LogP contribution < -0.4 is 0 Å². The van der Waals surface area contributed by atoms with Crippen molar-refractivity contribution in [1.29, 1.82) is 0 Å². The lowest BCUT2D eigenvalue weighted by atomic mass is 10.1. The number of benzene rings is 2. The largest absolute Gasteiger partial charge is 0.330 e. The Balaban J connectivity index is 2.41. The molecular weight excluding hydrogens is 400 g/mol. The van der Waals surface area contributed by atoms with Gasteiger partial charge in [0.05, 0.1) is 16.7 Å². The summed E-state index contributed by atoms with van der Waals surface area (Å²) in [6.07, 6.45) is 0. The second kappa shape index (κ2) is 5.13. The minimum atomic E-state index is 0.700. The Morgan fingerprint density at radius 3 is 2.55 bits per heavy atom. The first-order valence-corrected chi connectivity index (χ1v) is 8.14. The number of hydrogen-bond acceptors (Lipinski definition) is 1. The number of aromatic amines is 1. The van der Waals surface area contributed by atoms with Crippen molar-refractivity contribution in [2.24, 2.45) is 0 Å². The van der Waals surface area contributed by atoms with Crippen LogP contribution in [-0.4, -0.2) is 9.55 Å². The number of nitrogens with zero attached hydrogens (tertiary/aromatic N) is 1. The van der Waals surface area contributed by atoms with Crippen molar-refractivity contribution < 1.29 is 0 Å². The molecule has 0 saturated heterocycles. The molecule has 0 spiro atoms. The zero-order valence-electron chi connectivity index (χ0n) is 11.0. The monoisotopic (exact) mass is 410 g/mol. The van der Waals surface area contributed by atoms with Crippen LogP contribution in [-0.2, 0) is 0 Å². The summed E-state index contributed by atoms with van der Waals surface area (Å²) in [6, 6.07) is 10.4. The molecule has 0 saturated carbocycles. The van der Waals surface area contributed by atoms with Gasteiger partial charge < -0.3 is 4.98 Å². The van der Waals surface area contributed by atoms with E-state index in [1.54, 1.807) is 0 Å². The van der Waals surface area contributed by atoms with Crippen LogP contribution in [0.25, 0.3) is 16.7 Å². The summed E-state index contributed by atoms with van der Waals surface area (Å²) in [6.45, 7) is 4.19. The van der Waals surface area contributed by atoms with E-state index in [4.69, 9.17) is 12.2 Å². The van der Waals surface area contributed by atoms with E-state index in [9.17, 15) is 0 Å². The number of fused-ring (bicyclic) bond motifs is 1. The van der Waals surface area contributed by atoms with Crippen molar-refractivity contribution in [3.05, 3.63) is 55.2 Å². The van der Waals surface area contributed by atoms with Crippen LogP contribution in [0.2, 0.25) is 0 Å². The van der Waals surface area contributed by atoms with E-state index >= 15 is 0 Å². The maximum atomic E-state index is 5.50. The van der Waals surface area contributed by atoms with Crippen LogP contribution >= 0.6 is 44.1 Å². The van der Waals surface area contributed by atoms with E-state index in [2.05, 4.69) is 73.5 Å². The third kappa shape index (κ3) is 2.28. The SMILES string of the molecule is Cc1cc(C)c(-n2c(=S)[nH]c3cc(Br)ccc32)c(Br)c1. The van der Waals surface area contributed by atoms with Gasteiger partial charge in [-0.2, -0.15) is 0 Å². The van der Waals surface area contributed by atoms with Crippen molar-refractivity contribution in [1.82, 2.24) is 9.55 Å². The van der Waals surface area contributed by atoms with Crippen LogP contribution in [0.15, 0.2) is 39.3 Å². The van der Waals surface area contributed by atoms with Gasteiger partial charge >= 0.3 is 0 Å². The van der Waals surface area contributed by atoms with Crippen LogP contribution in [0.5, 0.6) is 0 Å². The molecule has 0 aliphatic carbocycles. The van der Waals surface area contributed by atoms with Gasteiger partial charge in [-0.15, -0.1) is 0 Å². The Bertz CT molecular complexity index is 854. The first-order valence-electron chi connectivity index (χ1n) is 6.15. The lowest BCUT2D eigenvalue weighted by molar-refractivity contribution is 1.04. The van der Waals surface area contributed by atoms with Gasteiger partial charge in [0.2, 0.25) is 0 Å². The lowest BCUT2D eigenvalue weighted by Gasteiger charge is -2.12. The van der Waals surface area contributed by atoms with E-state index in [1.165, 1.54) is 11.1 Å². The fraction of sp³-hybridized carbons (Fsp3) is 0.133. The Kier molecular flexibility index (Phi) is 3.60. The Morgan fingerprint density at radius 2 is 1.85 bits per heavy atom. The van der Waals surface area contributed by atoms with E-state index in [-0.39, 0.29) is 0 Å². The van der Waals surface area contributed by atoms with Crippen LogP contribution in [0, 0.1) is 18.6 Å². The molecule has 0 aliphatic heterocycles. The topological polar surface area (TPSA) is 20.7 Å². The minimum Gasteiger partial charge on any atom is -0.330 e. The van der Waals surface area contributed by atoms with Gasteiger partial charge in [-0.1, -0.05) is 22.0 Å². The van der Waals surface area contributed by atoms with E-state index in [1.807, 2.05) is 12.1 Å². The average Bonchev–Trinajstić information content (AvgIpc) is 2.64. The smallest absolute Gasteiger partial charge is 0.182 e. The number of nitrogens with one attached hydrogen (secondary N) is 1. The number of halogens is 2. The van der Waals surface area contributed by atoms with E-state index in [0.717, 1.165) is 25.7 Å². The molecule has 0 aliphatic rings. The molecule has 0 unspecified atom stereocenters. The molecule has 102 valence electrons. The summed E-state index contributed by atoms with van der Waals surface area (Å²) < 4.78 is 4.87. The standard InChI is InChI=1S/C15H12Br2N2S/c1-8-5-9(2)14(11(17)6-8)19-13-4-3-10(16)7-12(13)18-15(19)20/h3-7H,1-2H3,(H,18,20). The minimum absolute atomic E-state index is 0.700. The molecule has 1 heterocycles. The third-order valence-corrected chi connectivity index (χ3v) is 4.65. The van der Waals surface area contributed by atoms with Crippen LogP contribution in [0.3, 0.4) is 0 Å². The molecule has 1 aromatic heterocycles. The van der Waals surface area contributed by atoms with Crippen molar-refractivity contribution in [3.63, 3.8) is 0 Å². The van der Waals surface area contributed by atoms with Crippen molar-refractivity contribution in [2.75, 3.05) is 0 Å². The molecule has 0 amide bonds. The number of hydrogen-bond donors (Lipinski definition) is 1. The van der Waals surface area contributed by atoms with Crippen LogP contribution in [0.4, 0.5) is 0 Å². The molecule has 2 nitrogen and oxygen atoms in total. The van der Waals surface area contributed by atoms with Crippen molar-refractivity contribution >= 4 is 55.1 Å². The van der Waals surface area contributed by atoms with Gasteiger partial charge in [-0.05, 0) is 77.4 Å². The predicted octanol–water partition coefficient (Wildman–Crippen LogP) is 5.83. The molecule has 0 fully saturated rings. The highest BCUT2D eigenvalue weighted by Crippen LogP contribution is 2.30. The van der Waals surface area contributed by atoms with Gasteiger partial charge in [0, 0.05) is 8.95 Å². The van der Waals surface area contributed by atoms with Gasteiger partial charge in [0.25, 0.3) is 0 Å². The molecular formula is C15H12Br2N2S. The molecule has 0 bridgehead atoms. The van der Waals surface area contributed by atoms with E-state index in [0.29, 0.717) is 4.77 Å². The highest BCUT2D eigenvalue weighted by Gasteiger charge is 2.12. The predicted molar refractivity (Wildman–Crippen MR) is 93.3 cm³/mol. The van der Waals surface area contributed by atoms with Gasteiger partial charge in [0.1, 0.15) is 0 Å². The summed E-state index contributed by atoms with van der Waals surface area (Å²) in [7, 11) is 0. The highest BCUT2D eigenvalue weighted by molar-refractivity contribution is 9.10. The number of rotatable bonds is 1. The highest BCUT2D eigenvalue weighted by atomic mass is 79.9. The quantitative estimate of drug-likeness (QED) is 0.499. The van der Waals surface area contributed by atoms with Crippen LogP contribution in [0.1, 0.15) is 11.1 Å². The normalized spacial score (nSPS) is 11.2. The fourth-order valence-electron chi connectivity index (χ4n) is 2.50. The third-order valence-electron chi connectivity index (χ3n) is 3.27. The molecule has 2 aromatic carbocycles. The van der Waals surface area contributed by atoms with Gasteiger partial charge in [-0.25, -0.2) is 0 Å². The molecule has 5 heteroatoms. The number of H-pyrrole nitrogens is 1. The molecule has 3 aromatic rings. The number of imidazole rings is 1. The summed E-state index contributed by atoms with van der Waals surface area (Å²) in [5.74, 6) is 0.